The first kappa shape index (κ1) is 17.2. The number of halogens is 1. The Morgan fingerprint density at radius 2 is 1.96 bits per heavy atom. The molecular weight excluding hydrogens is 368 g/mol. The van der Waals surface area contributed by atoms with Crippen molar-refractivity contribution in [2.75, 3.05) is 0 Å². The van der Waals surface area contributed by atoms with Crippen molar-refractivity contribution in [3.05, 3.63) is 64.8 Å². The summed E-state index contributed by atoms with van der Waals surface area (Å²) in [6.07, 6.45) is 0.250. The van der Waals surface area contributed by atoms with Gasteiger partial charge >= 0.3 is 0 Å². The molecule has 2 aromatic heterocycles. The van der Waals surface area contributed by atoms with Crippen LogP contribution >= 0.6 is 11.6 Å². The van der Waals surface area contributed by atoms with Crippen molar-refractivity contribution in [1.82, 2.24) is 20.4 Å². The highest BCUT2D eigenvalue weighted by molar-refractivity contribution is 6.30. The van der Waals surface area contributed by atoms with E-state index in [2.05, 4.69) is 20.4 Å². The maximum atomic E-state index is 12.0. The third-order valence-electron chi connectivity index (χ3n) is 3.94. The SMILES string of the molecule is Cc1nc2cc(-c3noc(CNC(=O)Cc4ccc(Cl)cc4)n3)ccc2o1. The molecule has 0 fully saturated rings. The summed E-state index contributed by atoms with van der Waals surface area (Å²) < 4.78 is 10.7. The number of nitrogens with one attached hydrogen (secondary N) is 1. The number of fused-ring (bicyclic) bond motifs is 1. The molecule has 8 heteroatoms. The third-order valence-corrected chi connectivity index (χ3v) is 4.19. The minimum Gasteiger partial charge on any atom is -0.441 e. The number of carbonyl (C=O) groups is 1. The summed E-state index contributed by atoms with van der Waals surface area (Å²) in [4.78, 5) is 20.7. The molecule has 0 unspecified atom stereocenters. The summed E-state index contributed by atoms with van der Waals surface area (Å²) in [6, 6.07) is 12.6. The molecule has 4 rings (SSSR count). The quantitative estimate of drug-likeness (QED) is 0.565. The zero-order valence-electron chi connectivity index (χ0n) is 14.4. The van der Waals surface area contributed by atoms with Gasteiger partial charge in [-0.15, -0.1) is 0 Å². The molecule has 136 valence electrons. The van der Waals surface area contributed by atoms with E-state index in [9.17, 15) is 4.79 Å². The lowest BCUT2D eigenvalue weighted by molar-refractivity contribution is -0.120. The molecule has 0 bridgehead atoms. The smallest absolute Gasteiger partial charge is 0.246 e. The molecule has 1 amide bonds. The fraction of sp³-hybridized carbons (Fsp3) is 0.158. The van der Waals surface area contributed by atoms with Crippen molar-refractivity contribution in [3.63, 3.8) is 0 Å². The van der Waals surface area contributed by atoms with Gasteiger partial charge in [0.15, 0.2) is 11.5 Å². The van der Waals surface area contributed by atoms with E-state index in [1.54, 1.807) is 19.1 Å². The number of aryl methyl sites for hydroxylation is 1. The van der Waals surface area contributed by atoms with E-state index >= 15 is 0 Å². The highest BCUT2D eigenvalue weighted by atomic mass is 35.5. The summed E-state index contributed by atoms with van der Waals surface area (Å²) in [5.41, 5.74) is 3.07. The van der Waals surface area contributed by atoms with Gasteiger partial charge in [0.25, 0.3) is 0 Å². The van der Waals surface area contributed by atoms with Crippen molar-refractivity contribution < 1.29 is 13.7 Å². The van der Waals surface area contributed by atoms with Crippen LogP contribution < -0.4 is 5.32 Å². The Labute approximate surface area is 159 Å². The Morgan fingerprint density at radius 3 is 2.78 bits per heavy atom. The van der Waals surface area contributed by atoms with Crippen molar-refractivity contribution in [1.29, 1.82) is 0 Å². The summed E-state index contributed by atoms with van der Waals surface area (Å²) in [5, 5.41) is 7.36. The van der Waals surface area contributed by atoms with Crippen molar-refractivity contribution in [3.8, 4) is 11.4 Å². The van der Waals surface area contributed by atoms with Crippen LogP contribution in [0.25, 0.3) is 22.5 Å². The van der Waals surface area contributed by atoms with E-state index in [1.165, 1.54) is 0 Å². The average molecular weight is 383 g/mol. The fourth-order valence-corrected chi connectivity index (χ4v) is 2.78. The van der Waals surface area contributed by atoms with Gasteiger partial charge in [-0.2, -0.15) is 4.98 Å². The van der Waals surface area contributed by atoms with E-state index < -0.39 is 0 Å². The number of benzene rings is 2. The molecule has 0 atom stereocenters. The molecule has 4 aromatic rings. The van der Waals surface area contributed by atoms with Crippen LogP contribution in [0, 0.1) is 6.92 Å². The summed E-state index contributed by atoms with van der Waals surface area (Å²) in [5.74, 6) is 1.21. The molecule has 27 heavy (non-hydrogen) atoms. The van der Waals surface area contributed by atoms with Gasteiger partial charge in [0.05, 0.1) is 13.0 Å². The van der Waals surface area contributed by atoms with Gasteiger partial charge in [-0.1, -0.05) is 28.9 Å². The zero-order chi connectivity index (χ0) is 18.8. The molecule has 2 heterocycles. The minimum atomic E-state index is -0.142. The number of oxazole rings is 1. The van der Waals surface area contributed by atoms with Crippen LogP contribution in [-0.2, 0) is 17.8 Å². The molecule has 1 N–H and O–H groups in total. The second kappa shape index (κ2) is 7.20. The van der Waals surface area contributed by atoms with Gasteiger partial charge in [0, 0.05) is 17.5 Å². The first-order valence-corrected chi connectivity index (χ1v) is 8.66. The van der Waals surface area contributed by atoms with Crippen LogP contribution in [0.4, 0.5) is 0 Å². The largest absolute Gasteiger partial charge is 0.441 e. The van der Waals surface area contributed by atoms with Gasteiger partial charge in [-0.05, 0) is 35.9 Å². The van der Waals surface area contributed by atoms with Crippen LogP contribution in [0.5, 0.6) is 0 Å². The number of rotatable bonds is 5. The molecule has 7 nitrogen and oxygen atoms in total. The van der Waals surface area contributed by atoms with Gasteiger partial charge in [0.1, 0.15) is 5.52 Å². The van der Waals surface area contributed by atoms with E-state index in [0.29, 0.717) is 28.2 Å². The second-order valence-electron chi connectivity index (χ2n) is 6.01. The van der Waals surface area contributed by atoms with Crippen molar-refractivity contribution >= 4 is 28.6 Å². The number of hydrogen-bond donors (Lipinski definition) is 1. The topological polar surface area (TPSA) is 94.1 Å². The molecule has 0 aliphatic rings. The molecule has 0 saturated carbocycles. The Morgan fingerprint density at radius 1 is 1.15 bits per heavy atom. The molecule has 0 aliphatic carbocycles. The number of hydrogen-bond acceptors (Lipinski definition) is 6. The summed E-state index contributed by atoms with van der Waals surface area (Å²) >= 11 is 5.84. The fourth-order valence-electron chi connectivity index (χ4n) is 2.65. The third kappa shape index (κ3) is 3.98. The van der Waals surface area contributed by atoms with Gasteiger partial charge < -0.3 is 14.3 Å². The molecule has 0 aliphatic heterocycles. The monoisotopic (exact) mass is 382 g/mol. The zero-order valence-corrected chi connectivity index (χ0v) is 15.2. The lowest BCUT2D eigenvalue weighted by atomic mass is 10.1. The van der Waals surface area contributed by atoms with Crippen LogP contribution in [0.3, 0.4) is 0 Å². The predicted octanol–water partition coefficient (Wildman–Crippen LogP) is 3.70. The summed E-state index contributed by atoms with van der Waals surface area (Å²) in [6.45, 7) is 1.95. The maximum absolute atomic E-state index is 12.0. The van der Waals surface area contributed by atoms with E-state index in [4.69, 9.17) is 20.5 Å². The van der Waals surface area contributed by atoms with Crippen LogP contribution in [0.2, 0.25) is 5.02 Å². The highest BCUT2D eigenvalue weighted by Gasteiger charge is 2.12. The Balaban J connectivity index is 1.39. The van der Waals surface area contributed by atoms with Gasteiger partial charge in [-0.25, -0.2) is 4.98 Å². The summed E-state index contributed by atoms with van der Waals surface area (Å²) in [7, 11) is 0. The second-order valence-corrected chi connectivity index (χ2v) is 6.44. The lowest BCUT2D eigenvalue weighted by Crippen LogP contribution is -2.24. The van der Waals surface area contributed by atoms with E-state index in [0.717, 1.165) is 16.6 Å². The van der Waals surface area contributed by atoms with Gasteiger partial charge in [-0.3, -0.25) is 4.79 Å². The number of amides is 1. The van der Waals surface area contributed by atoms with Crippen molar-refractivity contribution in [2.45, 2.75) is 19.9 Å². The number of nitrogens with zero attached hydrogens (tertiary/aromatic N) is 3. The van der Waals surface area contributed by atoms with Crippen LogP contribution in [0.15, 0.2) is 51.4 Å². The normalized spacial score (nSPS) is 11.0. The molecular formula is C19H15ClN4O3. The predicted molar refractivity (Wildman–Crippen MR) is 99.0 cm³/mol. The van der Waals surface area contributed by atoms with E-state index in [1.807, 2.05) is 30.3 Å². The van der Waals surface area contributed by atoms with Crippen molar-refractivity contribution in [2.24, 2.45) is 0 Å². The first-order valence-electron chi connectivity index (χ1n) is 8.28. The molecule has 2 aromatic carbocycles. The lowest BCUT2D eigenvalue weighted by Gasteiger charge is -2.02. The highest BCUT2D eigenvalue weighted by Crippen LogP contribution is 2.22. The minimum absolute atomic E-state index is 0.142. The Bertz CT molecular complexity index is 1100. The molecule has 0 radical (unpaired) electrons. The number of carbonyl (C=O) groups excluding carboxylic acids is 1. The van der Waals surface area contributed by atoms with E-state index in [-0.39, 0.29) is 18.9 Å². The Kier molecular flexibility index (Phi) is 4.60. The van der Waals surface area contributed by atoms with Crippen LogP contribution in [0.1, 0.15) is 17.3 Å². The Hall–Kier alpha value is -3.19. The van der Waals surface area contributed by atoms with Gasteiger partial charge in [0.2, 0.25) is 17.6 Å². The number of aromatic nitrogens is 3. The van der Waals surface area contributed by atoms with Crippen LogP contribution in [-0.4, -0.2) is 21.0 Å². The molecule has 0 saturated heterocycles. The maximum Gasteiger partial charge on any atom is 0.246 e. The standard InChI is InChI=1S/C19H15ClN4O3/c1-11-22-15-9-13(4-7-16(15)26-11)19-23-18(27-24-19)10-21-17(25)8-12-2-5-14(20)6-3-12/h2-7,9H,8,10H2,1H3,(H,21,25). The first-order chi connectivity index (χ1) is 13.1. The average Bonchev–Trinajstić information content (AvgIpc) is 3.26. The molecule has 0 spiro atoms.